The number of fused-ring (bicyclic) bond motifs is 1. The van der Waals surface area contributed by atoms with Crippen LogP contribution in [-0.2, 0) is 21.1 Å². The smallest absolute Gasteiger partial charge is 0.333 e. The Balaban J connectivity index is 1.56. The van der Waals surface area contributed by atoms with Crippen LogP contribution in [0.5, 0.6) is 0 Å². The summed E-state index contributed by atoms with van der Waals surface area (Å²) in [6.07, 6.45) is 8.97. The number of hydrogen-bond donors (Lipinski definition) is 2. The summed E-state index contributed by atoms with van der Waals surface area (Å²) in [6.45, 7) is 6.69. The average molecular weight is 493 g/mol. The summed E-state index contributed by atoms with van der Waals surface area (Å²) in [7, 11) is -4.06. The Bertz CT molecular complexity index is 1080. The maximum Gasteiger partial charge on any atom is 0.333 e. The molecule has 0 amide bonds. The Morgan fingerprint density at radius 2 is 1.79 bits per heavy atom. The highest BCUT2D eigenvalue weighted by Crippen LogP contribution is 2.37. The van der Waals surface area contributed by atoms with Crippen molar-refractivity contribution in [2.45, 2.75) is 71.1 Å². The van der Waals surface area contributed by atoms with Gasteiger partial charge in [0, 0.05) is 47.9 Å². The Kier molecular flexibility index (Phi) is 7.85. The molecule has 0 bridgehead atoms. The Labute approximate surface area is 203 Å². The average Bonchev–Trinajstić information content (AvgIpc) is 3.11. The minimum absolute atomic E-state index is 0.123. The van der Waals surface area contributed by atoms with Gasteiger partial charge in [-0.3, -0.25) is 4.18 Å². The molecule has 33 heavy (non-hydrogen) atoms. The molecule has 1 aromatic heterocycles. The molecule has 7 nitrogen and oxygen atoms in total. The van der Waals surface area contributed by atoms with Crippen LogP contribution in [0.25, 0.3) is 10.9 Å². The van der Waals surface area contributed by atoms with Gasteiger partial charge in [-0.25, -0.2) is 9.54 Å². The summed E-state index contributed by atoms with van der Waals surface area (Å²) in [6, 6.07) is 9.04. The Morgan fingerprint density at radius 1 is 1.12 bits per heavy atom. The van der Waals surface area contributed by atoms with E-state index in [4.69, 9.17) is 9.32 Å². The van der Waals surface area contributed by atoms with Crippen molar-refractivity contribution >= 4 is 40.2 Å². The molecule has 0 radical (unpaired) electrons. The van der Waals surface area contributed by atoms with Gasteiger partial charge in [0.15, 0.2) is 0 Å². The van der Waals surface area contributed by atoms with Gasteiger partial charge in [-0.2, -0.15) is 8.42 Å². The number of para-hydroxylation sites is 1. The molecular formula is C24H36N4O3S2. The van der Waals surface area contributed by atoms with Crippen LogP contribution in [0.2, 0.25) is 0 Å². The van der Waals surface area contributed by atoms with Crippen molar-refractivity contribution in [2.24, 2.45) is 21.4 Å². The molecule has 1 aliphatic carbocycles. The first kappa shape index (κ1) is 24.7. The lowest BCUT2D eigenvalue weighted by molar-refractivity contribution is 0.0884. The second kappa shape index (κ2) is 10.5. The number of likely N-dealkylation sites (tertiary alicyclic amines) is 1. The van der Waals surface area contributed by atoms with Gasteiger partial charge in [0.05, 0.1) is 5.69 Å². The van der Waals surface area contributed by atoms with E-state index >= 15 is 0 Å². The van der Waals surface area contributed by atoms with Gasteiger partial charge in [0.25, 0.3) is 0 Å². The molecule has 1 aliphatic heterocycles. The molecule has 2 aliphatic rings. The van der Waals surface area contributed by atoms with Gasteiger partial charge < -0.3 is 9.47 Å². The van der Waals surface area contributed by atoms with Crippen LogP contribution < -0.4 is 5.14 Å². The largest absolute Gasteiger partial charge is 0.339 e. The van der Waals surface area contributed by atoms with Crippen molar-refractivity contribution in [3.63, 3.8) is 0 Å². The molecule has 4 rings (SSSR count). The van der Waals surface area contributed by atoms with E-state index in [2.05, 4.69) is 46.6 Å². The molecule has 2 aromatic rings. The molecule has 2 heterocycles. The zero-order chi connectivity index (χ0) is 23.6. The van der Waals surface area contributed by atoms with Crippen LogP contribution in [0.4, 0.5) is 0 Å². The number of aromatic nitrogens is 1. The predicted molar refractivity (Wildman–Crippen MR) is 137 cm³/mol. The maximum absolute atomic E-state index is 11.6. The third kappa shape index (κ3) is 5.65. The summed E-state index contributed by atoms with van der Waals surface area (Å²) in [5.74, 6) is 1.66. The molecule has 1 saturated heterocycles. The molecule has 0 atom stereocenters. The molecule has 1 aromatic carbocycles. The van der Waals surface area contributed by atoms with Crippen molar-refractivity contribution < 1.29 is 12.6 Å². The fourth-order valence-corrected chi connectivity index (χ4v) is 6.28. The molecular weight excluding hydrogens is 456 g/mol. The number of nitrogens with zero attached hydrogens (tertiary/aromatic N) is 3. The van der Waals surface area contributed by atoms with E-state index in [9.17, 15) is 8.42 Å². The maximum atomic E-state index is 11.6. The van der Waals surface area contributed by atoms with Crippen LogP contribution in [0.3, 0.4) is 0 Å². The quantitative estimate of drug-likeness (QED) is 0.441. The second-order valence-corrected chi connectivity index (χ2v) is 11.3. The highest BCUT2D eigenvalue weighted by Gasteiger charge is 2.32. The van der Waals surface area contributed by atoms with E-state index in [1.807, 2.05) is 18.2 Å². The minimum atomic E-state index is -4.06. The van der Waals surface area contributed by atoms with Gasteiger partial charge in [0.2, 0.25) is 0 Å². The lowest BCUT2D eigenvalue weighted by Crippen LogP contribution is -2.44. The molecule has 0 spiro atoms. The molecule has 0 unspecified atom stereocenters. The molecule has 182 valence electrons. The summed E-state index contributed by atoms with van der Waals surface area (Å²) in [4.78, 5) is 2.68. The van der Waals surface area contributed by atoms with Gasteiger partial charge in [0.1, 0.15) is 6.61 Å². The van der Waals surface area contributed by atoms with Gasteiger partial charge >= 0.3 is 10.3 Å². The predicted octanol–water partition coefficient (Wildman–Crippen LogP) is 4.48. The van der Waals surface area contributed by atoms with E-state index in [0.29, 0.717) is 6.04 Å². The highest BCUT2D eigenvalue weighted by molar-refractivity contribution is 7.84. The van der Waals surface area contributed by atoms with Crippen LogP contribution in [-0.4, -0.2) is 43.2 Å². The first-order valence-corrected chi connectivity index (χ1v) is 13.9. The summed E-state index contributed by atoms with van der Waals surface area (Å²) in [5, 5.41) is 6.16. The molecule has 2 N–H and O–H groups in total. The summed E-state index contributed by atoms with van der Waals surface area (Å²) >= 11 is 4.03. The Morgan fingerprint density at radius 3 is 2.39 bits per heavy atom. The van der Waals surface area contributed by atoms with Crippen molar-refractivity contribution in [2.75, 3.05) is 13.1 Å². The number of nitrogens with two attached hydrogens (primary N) is 1. The van der Waals surface area contributed by atoms with E-state index in [1.165, 1.54) is 25.7 Å². The van der Waals surface area contributed by atoms with Crippen molar-refractivity contribution in [1.29, 1.82) is 0 Å². The van der Waals surface area contributed by atoms with Crippen molar-refractivity contribution in [3.8, 4) is 0 Å². The molecule has 2 fully saturated rings. The van der Waals surface area contributed by atoms with E-state index in [0.717, 1.165) is 59.9 Å². The zero-order valence-corrected chi connectivity index (χ0v) is 21.3. The highest BCUT2D eigenvalue weighted by atomic mass is 32.2. The fraction of sp³-hybridized carbons (Fsp3) is 0.625. The normalized spacial score (nSPS) is 23.8. The number of thiol groups is 1. The topological polar surface area (TPSA) is 89.9 Å². The first-order valence-electron chi connectivity index (χ1n) is 12.0. The third-order valence-electron chi connectivity index (χ3n) is 7.67. The number of hydrogen-bond acceptors (Lipinski definition) is 6. The second-order valence-electron chi connectivity index (χ2n) is 9.83. The van der Waals surface area contributed by atoms with Gasteiger partial charge in [-0.15, -0.1) is 0 Å². The Hall–Kier alpha value is -1.39. The van der Waals surface area contributed by atoms with Crippen LogP contribution >= 0.6 is 12.8 Å². The monoisotopic (exact) mass is 492 g/mol. The number of piperidine rings is 1. The fourth-order valence-electron chi connectivity index (χ4n) is 5.89. The number of rotatable bonds is 7. The SMILES string of the molecule is CC(C)C1CCC(N2CCC(n3c(COS(N)(=O)=O)c(C=NS)c4ccccc43)CC2)CC1. The van der Waals surface area contributed by atoms with Crippen LogP contribution in [0.1, 0.15) is 69.7 Å². The standard InChI is InChI=1S/C24H36N4O3S2/c1-17(2)18-7-9-19(10-8-18)27-13-11-20(12-14-27)28-23-6-4-3-5-21(23)22(15-26-32)24(28)16-31-33(25,29)30/h3-6,15,17-20,32H,7-14,16H2,1-2H3,(H2,25,29,30). The van der Waals surface area contributed by atoms with Crippen LogP contribution in [0.15, 0.2) is 28.7 Å². The minimum Gasteiger partial charge on any atom is -0.339 e. The molecule has 9 heteroatoms. The summed E-state index contributed by atoms with van der Waals surface area (Å²) < 4.78 is 34.3. The molecule has 1 saturated carbocycles. The first-order chi connectivity index (χ1) is 15.8. The summed E-state index contributed by atoms with van der Waals surface area (Å²) in [5.41, 5.74) is 2.67. The number of benzene rings is 1. The zero-order valence-electron chi connectivity index (χ0n) is 19.6. The van der Waals surface area contributed by atoms with Crippen molar-refractivity contribution in [3.05, 3.63) is 35.5 Å². The van der Waals surface area contributed by atoms with Crippen LogP contribution in [0, 0.1) is 11.8 Å². The lowest BCUT2D eigenvalue weighted by atomic mass is 9.79. The van der Waals surface area contributed by atoms with E-state index in [1.54, 1.807) is 6.21 Å². The van der Waals surface area contributed by atoms with Crippen molar-refractivity contribution in [1.82, 2.24) is 9.47 Å². The van der Waals surface area contributed by atoms with E-state index < -0.39 is 10.3 Å². The van der Waals surface area contributed by atoms with Gasteiger partial charge in [-0.05, 0) is 69.2 Å². The third-order valence-corrected chi connectivity index (χ3v) is 8.23. The lowest BCUT2D eigenvalue weighted by Gasteiger charge is -2.42. The van der Waals surface area contributed by atoms with E-state index in [-0.39, 0.29) is 12.6 Å². The van der Waals surface area contributed by atoms with Gasteiger partial charge in [-0.1, -0.05) is 32.0 Å².